The van der Waals surface area contributed by atoms with Gasteiger partial charge in [-0.15, -0.1) is 0 Å². The van der Waals surface area contributed by atoms with E-state index in [0.29, 0.717) is 5.56 Å². The van der Waals surface area contributed by atoms with Gasteiger partial charge in [-0.25, -0.2) is 4.79 Å². The van der Waals surface area contributed by atoms with Crippen LogP contribution >= 0.6 is 0 Å². The van der Waals surface area contributed by atoms with Crippen molar-refractivity contribution in [2.75, 3.05) is 20.7 Å². The molecule has 18 heavy (non-hydrogen) atoms. The molecule has 1 unspecified atom stereocenters. The van der Waals surface area contributed by atoms with E-state index in [4.69, 9.17) is 0 Å². The highest BCUT2D eigenvalue weighted by Gasteiger charge is 2.27. The number of carbonyl (C=O) groups is 2. The Bertz CT molecular complexity index is 453. The summed E-state index contributed by atoms with van der Waals surface area (Å²) >= 11 is 0. The lowest BCUT2D eigenvalue weighted by Gasteiger charge is -2.29. The van der Waals surface area contributed by atoms with E-state index in [1.165, 1.54) is 7.11 Å². The number of likely N-dealkylation sites (N-methyl/N-ethyl adjacent to an activating group) is 1. The van der Waals surface area contributed by atoms with Crippen LogP contribution in [0.1, 0.15) is 34.7 Å². The second kappa shape index (κ2) is 5.21. The molecule has 0 spiro atoms. The Labute approximate surface area is 107 Å². The summed E-state index contributed by atoms with van der Waals surface area (Å²) in [7, 11) is 3.19. The van der Waals surface area contributed by atoms with Crippen LogP contribution in [0.25, 0.3) is 0 Å². The quantitative estimate of drug-likeness (QED) is 0.749. The minimum atomic E-state index is -0.353. The molecule has 2 rings (SSSR count). The van der Waals surface area contributed by atoms with E-state index in [9.17, 15) is 9.59 Å². The van der Waals surface area contributed by atoms with Crippen LogP contribution in [0.15, 0.2) is 24.3 Å². The van der Waals surface area contributed by atoms with Crippen LogP contribution < -0.4 is 0 Å². The average Bonchev–Trinajstić information content (AvgIpc) is 2.41. The van der Waals surface area contributed by atoms with Crippen molar-refractivity contribution in [3.63, 3.8) is 0 Å². The van der Waals surface area contributed by atoms with E-state index in [0.717, 1.165) is 24.9 Å². The maximum atomic E-state index is 12.0. The Morgan fingerprint density at radius 2 is 2.00 bits per heavy atom. The van der Waals surface area contributed by atoms with Crippen molar-refractivity contribution in [2.45, 2.75) is 18.8 Å². The number of amides is 1. The summed E-state index contributed by atoms with van der Waals surface area (Å²) in [5.74, 6) is -0.267. The lowest BCUT2D eigenvalue weighted by Crippen LogP contribution is -2.36. The molecule has 1 aliphatic rings. The fourth-order valence-electron chi connectivity index (χ4n) is 2.31. The van der Waals surface area contributed by atoms with Crippen LogP contribution in [0, 0.1) is 0 Å². The van der Waals surface area contributed by atoms with E-state index in [1.54, 1.807) is 17.0 Å². The van der Waals surface area contributed by atoms with Gasteiger partial charge in [-0.05, 0) is 30.5 Å². The lowest BCUT2D eigenvalue weighted by atomic mass is 9.89. The molecule has 0 saturated carbocycles. The number of methoxy groups -OCH3 is 1. The first-order valence-corrected chi connectivity index (χ1v) is 6.06. The van der Waals surface area contributed by atoms with Crippen molar-refractivity contribution in [1.29, 1.82) is 0 Å². The van der Waals surface area contributed by atoms with E-state index >= 15 is 0 Å². The molecule has 0 N–H and O–H groups in total. The zero-order chi connectivity index (χ0) is 13.1. The Hall–Kier alpha value is -1.84. The monoisotopic (exact) mass is 247 g/mol. The highest BCUT2D eigenvalue weighted by molar-refractivity contribution is 5.90. The fraction of sp³-hybridized carbons (Fsp3) is 0.429. The number of likely N-dealkylation sites (tertiary alicyclic amines) is 1. The minimum absolute atomic E-state index is 0.0737. The summed E-state index contributed by atoms with van der Waals surface area (Å²) in [4.78, 5) is 25.1. The average molecular weight is 247 g/mol. The molecule has 1 amide bonds. The van der Waals surface area contributed by atoms with Gasteiger partial charge < -0.3 is 9.64 Å². The first kappa shape index (κ1) is 12.6. The number of piperidine rings is 1. The molecule has 0 aliphatic carbocycles. The summed E-state index contributed by atoms with van der Waals surface area (Å²) in [6.45, 7) is 0.829. The molecule has 1 aromatic carbocycles. The number of esters is 1. The van der Waals surface area contributed by atoms with Crippen LogP contribution in [0.5, 0.6) is 0 Å². The third-order valence-corrected chi connectivity index (χ3v) is 3.39. The van der Waals surface area contributed by atoms with Crippen molar-refractivity contribution in [2.24, 2.45) is 0 Å². The Kier molecular flexibility index (Phi) is 3.65. The summed E-state index contributed by atoms with van der Waals surface area (Å²) in [5.41, 5.74) is 1.48. The van der Waals surface area contributed by atoms with Crippen molar-refractivity contribution >= 4 is 11.9 Å². The standard InChI is InChI=1S/C14H17NO3/c1-15-9-3-4-12(13(15)16)10-5-7-11(8-6-10)14(17)18-2/h5-8,12H,3-4,9H2,1-2H3. The van der Waals surface area contributed by atoms with Gasteiger partial charge in [0, 0.05) is 13.6 Å². The highest BCUT2D eigenvalue weighted by atomic mass is 16.5. The molecule has 1 saturated heterocycles. The molecule has 0 bridgehead atoms. The SMILES string of the molecule is COC(=O)c1ccc(C2CCCN(C)C2=O)cc1. The molecule has 0 radical (unpaired) electrons. The summed E-state index contributed by atoms with van der Waals surface area (Å²) < 4.78 is 4.65. The zero-order valence-electron chi connectivity index (χ0n) is 10.7. The van der Waals surface area contributed by atoms with Gasteiger partial charge in [0.25, 0.3) is 0 Å². The van der Waals surface area contributed by atoms with Gasteiger partial charge >= 0.3 is 5.97 Å². The van der Waals surface area contributed by atoms with Crippen LogP contribution in [0.4, 0.5) is 0 Å². The molecule has 1 fully saturated rings. The number of hydrogen-bond donors (Lipinski definition) is 0. The van der Waals surface area contributed by atoms with Crippen molar-refractivity contribution in [3.05, 3.63) is 35.4 Å². The van der Waals surface area contributed by atoms with E-state index in [-0.39, 0.29) is 17.8 Å². The smallest absolute Gasteiger partial charge is 0.337 e. The summed E-state index contributed by atoms with van der Waals surface area (Å²) in [6, 6.07) is 7.11. The van der Waals surface area contributed by atoms with Crippen molar-refractivity contribution in [3.8, 4) is 0 Å². The molecular formula is C14H17NO3. The van der Waals surface area contributed by atoms with Crippen molar-refractivity contribution in [1.82, 2.24) is 4.90 Å². The maximum absolute atomic E-state index is 12.0. The molecule has 1 atom stereocenters. The van der Waals surface area contributed by atoms with E-state index < -0.39 is 0 Å². The summed E-state index contributed by atoms with van der Waals surface area (Å²) in [5, 5.41) is 0. The number of hydrogen-bond acceptors (Lipinski definition) is 3. The molecule has 0 aromatic heterocycles. The largest absolute Gasteiger partial charge is 0.465 e. The lowest BCUT2D eigenvalue weighted by molar-refractivity contribution is -0.133. The number of nitrogens with zero attached hydrogens (tertiary/aromatic N) is 1. The number of ether oxygens (including phenoxy) is 1. The van der Waals surface area contributed by atoms with Gasteiger partial charge in [0.2, 0.25) is 5.91 Å². The Balaban J connectivity index is 2.19. The highest BCUT2D eigenvalue weighted by Crippen LogP contribution is 2.27. The third-order valence-electron chi connectivity index (χ3n) is 3.39. The molecule has 96 valence electrons. The van der Waals surface area contributed by atoms with Crippen molar-refractivity contribution < 1.29 is 14.3 Å². The number of rotatable bonds is 2. The van der Waals surface area contributed by atoms with Crippen LogP contribution in [-0.2, 0) is 9.53 Å². The predicted octanol–water partition coefficient (Wildman–Crippen LogP) is 1.81. The van der Waals surface area contributed by atoms with E-state index in [2.05, 4.69) is 4.74 Å². The number of carbonyl (C=O) groups excluding carboxylic acids is 2. The van der Waals surface area contributed by atoms with Gasteiger partial charge in [0.1, 0.15) is 0 Å². The second-order valence-corrected chi connectivity index (χ2v) is 4.57. The molecule has 1 aliphatic heterocycles. The number of benzene rings is 1. The van der Waals surface area contributed by atoms with Gasteiger partial charge in [-0.1, -0.05) is 12.1 Å². The van der Waals surface area contributed by atoms with Gasteiger partial charge in [0.15, 0.2) is 0 Å². The molecule has 4 heteroatoms. The van der Waals surface area contributed by atoms with Crippen LogP contribution in [0.2, 0.25) is 0 Å². The normalized spacial score (nSPS) is 19.8. The van der Waals surface area contributed by atoms with E-state index in [1.807, 2.05) is 19.2 Å². The molecular weight excluding hydrogens is 230 g/mol. The Morgan fingerprint density at radius 3 is 2.61 bits per heavy atom. The molecule has 4 nitrogen and oxygen atoms in total. The molecule has 1 aromatic rings. The van der Waals surface area contributed by atoms with Crippen LogP contribution in [0.3, 0.4) is 0 Å². The zero-order valence-corrected chi connectivity index (χ0v) is 10.7. The van der Waals surface area contributed by atoms with Gasteiger partial charge in [-0.3, -0.25) is 4.79 Å². The predicted molar refractivity (Wildman–Crippen MR) is 67.4 cm³/mol. The second-order valence-electron chi connectivity index (χ2n) is 4.57. The first-order chi connectivity index (χ1) is 8.63. The van der Waals surface area contributed by atoms with Gasteiger partial charge in [-0.2, -0.15) is 0 Å². The summed E-state index contributed by atoms with van der Waals surface area (Å²) in [6.07, 6.45) is 1.90. The van der Waals surface area contributed by atoms with Crippen LogP contribution in [-0.4, -0.2) is 37.5 Å². The first-order valence-electron chi connectivity index (χ1n) is 6.06. The van der Waals surface area contributed by atoms with Gasteiger partial charge in [0.05, 0.1) is 18.6 Å². The minimum Gasteiger partial charge on any atom is -0.465 e. The topological polar surface area (TPSA) is 46.6 Å². The Morgan fingerprint density at radius 1 is 1.33 bits per heavy atom. The fourth-order valence-corrected chi connectivity index (χ4v) is 2.31. The molecule has 1 heterocycles. The maximum Gasteiger partial charge on any atom is 0.337 e. The third kappa shape index (κ3) is 2.37.